The first-order valence-corrected chi connectivity index (χ1v) is 9.76. The van der Waals surface area contributed by atoms with Crippen LogP contribution in [0.15, 0.2) is 30.6 Å². The zero-order valence-electron chi connectivity index (χ0n) is 16.8. The summed E-state index contributed by atoms with van der Waals surface area (Å²) in [5.74, 6) is 7.11. The number of rotatable bonds is 5. The van der Waals surface area contributed by atoms with Crippen molar-refractivity contribution in [3.05, 3.63) is 42.0 Å². The highest BCUT2D eigenvalue weighted by Crippen LogP contribution is 2.31. The van der Waals surface area contributed by atoms with E-state index in [2.05, 4.69) is 26.8 Å². The van der Waals surface area contributed by atoms with Crippen molar-refractivity contribution in [1.82, 2.24) is 19.5 Å². The van der Waals surface area contributed by atoms with Crippen LogP contribution in [0.4, 0.5) is 5.82 Å². The number of anilines is 1. The number of aliphatic hydroxyl groups excluding tert-OH is 3. The lowest BCUT2D eigenvalue weighted by Crippen LogP contribution is -2.33. The monoisotopic (exact) mass is 425 g/mol. The second-order valence-electron chi connectivity index (χ2n) is 7.14. The number of fused-ring (bicyclic) bond motifs is 1. The third-order valence-corrected chi connectivity index (χ3v) is 5.14. The zero-order chi connectivity index (χ0) is 22.0. The Morgan fingerprint density at radius 3 is 2.65 bits per heavy atom. The summed E-state index contributed by atoms with van der Waals surface area (Å²) in [6, 6.07) is 7.78. The molecule has 4 rings (SSSR count). The predicted octanol–water partition coefficient (Wildman–Crippen LogP) is 0.0129. The summed E-state index contributed by atoms with van der Waals surface area (Å²) in [7, 11) is 1.63. The number of nitrogen functional groups attached to an aromatic ring is 1. The number of benzene rings is 1. The summed E-state index contributed by atoms with van der Waals surface area (Å²) >= 11 is 0. The van der Waals surface area contributed by atoms with E-state index in [0.717, 1.165) is 17.7 Å². The van der Waals surface area contributed by atoms with E-state index in [-0.39, 0.29) is 11.6 Å². The summed E-state index contributed by atoms with van der Waals surface area (Å²) in [6.45, 7) is -0.427. The van der Waals surface area contributed by atoms with Gasteiger partial charge >= 0.3 is 0 Å². The van der Waals surface area contributed by atoms with Gasteiger partial charge in [0.25, 0.3) is 0 Å². The normalized spacial score (nSPS) is 23.0. The van der Waals surface area contributed by atoms with E-state index in [0.29, 0.717) is 17.6 Å². The van der Waals surface area contributed by atoms with Crippen LogP contribution in [0.2, 0.25) is 0 Å². The fraction of sp³-hybridized carbons (Fsp3) is 0.381. The Morgan fingerprint density at radius 1 is 1.19 bits per heavy atom. The highest BCUT2D eigenvalue weighted by Gasteiger charge is 2.44. The molecule has 1 aromatic carbocycles. The van der Waals surface area contributed by atoms with E-state index in [1.807, 2.05) is 24.3 Å². The molecule has 4 atom stereocenters. The van der Waals surface area contributed by atoms with Crippen LogP contribution in [0.3, 0.4) is 0 Å². The van der Waals surface area contributed by atoms with Gasteiger partial charge in [-0.25, -0.2) is 15.0 Å². The van der Waals surface area contributed by atoms with Crippen LogP contribution < -0.4 is 10.5 Å². The van der Waals surface area contributed by atoms with Gasteiger partial charge in [0.1, 0.15) is 29.6 Å². The molecule has 162 valence electrons. The number of nitrogens with two attached hydrogens (primary N) is 1. The lowest BCUT2D eigenvalue weighted by Gasteiger charge is -2.16. The van der Waals surface area contributed by atoms with Crippen LogP contribution in [0.5, 0.6) is 5.75 Å². The molecule has 0 saturated carbocycles. The first-order chi connectivity index (χ1) is 15.0. The van der Waals surface area contributed by atoms with Crippen LogP contribution in [0.1, 0.15) is 24.0 Å². The average Bonchev–Trinajstić information content (AvgIpc) is 3.33. The number of aryl methyl sites for hydroxylation is 1. The maximum atomic E-state index is 10.3. The van der Waals surface area contributed by atoms with Crippen molar-refractivity contribution in [2.75, 3.05) is 19.5 Å². The molecule has 0 aliphatic carbocycles. The quantitative estimate of drug-likeness (QED) is 0.415. The van der Waals surface area contributed by atoms with Crippen molar-refractivity contribution in [2.24, 2.45) is 0 Å². The Labute approximate surface area is 178 Å². The Bertz CT molecular complexity index is 1120. The van der Waals surface area contributed by atoms with Crippen LogP contribution in [0.25, 0.3) is 11.2 Å². The van der Waals surface area contributed by atoms with Crippen molar-refractivity contribution >= 4 is 17.0 Å². The highest BCUT2D eigenvalue weighted by molar-refractivity contribution is 5.82. The molecule has 0 unspecified atom stereocenters. The third kappa shape index (κ3) is 4.17. The molecule has 0 amide bonds. The topological polar surface area (TPSA) is 149 Å². The summed E-state index contributed by atoms with van der Waals surface area (Å²) in [5.41, 5.74) is 7.80. The summed E-state index contributed by atoms with van der Waals surface area (Å²) in [5, 5.41) is 29.6. The number of methoxy groups -OCH3 is 1. The van der Waals surface area contributed by atoms with Crippen LogP contribution in [-0.2, 0) is 11.2 Å². The van der Waals surface area contributed by atoms with E-state index in [4.69, 9.17) is 15.2 Å². The smallest absolute Gasteiger partial charge is 0.208 e. The zero-order valence-corrected chi connectivity index (χ0v) is 16.8. The molecule has 0 bridgehead atoms. The number of hydrogen-bond donors (Lipinski definition) is 4. The molecular weight excluding hydrogens is 402 g/mol. The number of ether oxygens (including phenoxy) is 2. The second-order valence-corrected chi connectivity index (χ2v) is 7.14. The van der Waals surface area contributed by atoms with Gasteiger partial charge in [0.15, 0.2) is 17.7 Å². The Balaban J connectivity index is 1.53. The molecule has 1 saturated heterocycles. The Morgan fingerprint density at radius 2 is 1.97 bits per heavy atom. The van der Waals surface area contributed by atoms with E-state index >= 15 is 0 Å². The molecule has 3 aromatic rings. The molecule has 5 N–H and O–H groups in total. The van der Waals surface area contributed by atoms with Gasteiger partial charge < -0.3 is 30.5 Å². The highest BCUT2D eigenvalue weighted by atomic mass is 16.6. The molecule has 2 aromatic heterocycles. The number of aromatic nitrogens is 4. The van der Waals surface area contributed by atoms with Gasteiger partial charge in [-0.15, -0.1) is 0 Å². The largest absolute Gasteiger partial charge is 0.497 e. The number of hydrogen-bond acceptors (Lipinski definition) is 9. The van der Waals surface area contributed by atoms with Crippen molar-refractivity contribution in [1.29, 1.82) is 0 Å². The van der Waals surface area contributed by atoms with Crippen molar-refractivity contribution < 1.29 is 24.8 Å². The van der Waals surface area contributed by atoms with E-state index in [1.54, 1.807) is 7.11 Å². The lowest BCUT2D eigenvalue weighted by atomic mass is 10.1. The number of imidazole rings is 1. The maximum absolute atomic E-state index is 10.3. The molecule has 0 radical (unpaired) electrons. The minimum atomic E-state index is -1.26. The predicted molar refractivity (Wildman–Crippen MR) is 111 cm³/mol. The van der Waals surface area contributed by atoms with Crippen molar-refractivity contribution in [2.45, 2.75) is 37.4 Å². The standard InChI is InChI=1S/C21H23N5O5/c1-30-13-8-6-12(7-9-13)4-2-3-5-15-24-19(22)16-20(25-15)26(11-23-16)21-18(29)17(28)14(10-27)31-21/h6-9,11,14,17-18,21,27-29H,2,4,10H2,1H3,(H2,22,24,25)/t14-,17-,18-,21-/m1/s1. The van der Waals surface area contributed by atoms with Gasteiger partial charge in [0, 0.05) is 6.42 Å². The van der Waals surface area contributed by atoms with Crippen molar-refractivity contribution in [3.8, 4) is 17.6 Å². The van der Waals surface area contributed by atoms with Gasteiger partial charge in [-0.1, -0.05) is 18.1 Å². The number of aliphatic hydroxyl groups is 3. The Hall–Kier alpha value is -3.23. The first kappa shape index (κ1) is 21.0. The summed E-state index contributed by atoms with van der Waals surface area (Å²) < 4.78 is 12.2. The molecule has 3 heterocycles. The van der Waals surface area contributed by atoms with Gasteiger partial charge in [-0.2, -0.15) is 0 Å². The fourth-order valence-corrected chi connectivity index (χ4v) is 3.43. The minimum absolute atomic E-state index is 0.148. The van der Waals surface area contributed by atoms with Gasteiger partial charge in [-0.05, 0) is 30.0 Å². The minimum Gasteiger partial charge on any atom is -0.497 e. The maximum Gasteiger partial charge on any atom is 0.208 e. The molecule has 10 heteroatoms. The molecule has 1 aliphatic rings. The third-order valence-electron chi connectivity index (χ3n) is 5.14. The number of nitrogens with zero attached hydrogens (tertiary/aromatic N) is 4. The van der Waals surface area contributed by atoms with Crippen LogP contribution in [-0.4, -0.2) is 66.9 Å². The first-order valence-electron chi connectivity index (χ1n) is 9.76. The van der Waals surface area contributed by atoms with E-state index < -0.39 is 31.1 Å². The molecule has 1 fully saturated rings. The van der Waals surface area contributed by atoms with Crippen molar-refractivity contribution in [3.63, 3.8) is 0 Å². The van der Waals surface area contributed by atoms with Crippen LogP contribution in [0, 0.1) is 11.8 Å². The average molecular weight is 425 g/mol. The fourth-order valence-electron chi connectivity index (χ4n) is 3.43. The molecular formula is C21H23N5O5. The molecule has 0 spiro atoms. The SMILES string of the molecule is COc1ccc(CCC#Cc2nc(N)c3ncn([C@@H]4O[C@H](CO)[C@@H](O)[C@H]4O)c3n2)cc1. The molecule has 1 aliphatic heterocycles. The van der Waals surface area contributed by atoms with Gasteiger partial charge in [0.05, 0.1) is 20.0 Å². The Kier molecular flexibility index (Phi) is 6.01. The van der Waals surface area contributed by atoms with Gasteiger partial charge in [-0.3, -0.25) is 4.57 Å². The van der Waals surface area contributed by atoms with E-state index in [9.17, 15) is 15.3 Å². The van der Waals surface area contributed by atoms with E-state index in [1.165, 1.54) is 10.9 Å². The van der Waals surface area contributed by atoms with Crippen LogP contribution >= 0.6 is 0 Å². The summed E-state index contributed by atoms with van der Waals surface area (Å²) in [4.78, 5) is 12.8. The second kappa shape index (κ2) is 8.87. The van der Waals surface area contributed by atoms with Gasteiger partial charge in [0.2, 0.25) is 5.82 Å². The lowest BCUT2D eigenvalue weighted by molar-refractivity contribution is -0.0511. The molecule has 10 nitrogen and oxygen atoms in total. The molecule has 31 heavy (non-hydrogen) atoms. The summed E-state index contributed by atoms with van der Waals surface area (Å²) in [6.07, 6.45) is -1.61.